The molecule has 3 amide bonds. The van der Waals surface area contributed by atoms with Crippen LogP contribution in [-0.4, -0.2) is 54.6 Å². The number of nitrogens with one attached hydrogen (secondary N) is 2. The van der Waals surface area contributed by atoms with Gasteiger partial charge in [0.05, 0.1) is 6.54 Å². The van der Waals surface area contributed by atoms with Gasteiger partial charge >= 0.3 is 12.0 Å². The van der Waals surface area contributed by atoms with Crippen LogP contribution >= 0.6 is 0 Å². The fourth-order valence-electron chi connectivity index (χ4n) is 1.79. The van der Waals surface area contributed by atoms with E-state index in [1.54, 1.807) is 0 Å². The Hall–Kier alpha value is -1.79. The molecule has 96 valence electrons. The van der Waals surface area contributed by atoms with Gasteiger partial charge < -0.3 is 20.6 Å². The molecule has 0 spiro atoms. The lowest BCUT2D eigenvalue weighted by molar-refractivity contribution is -0.138. The maximum atomic E-state index is 11.6. The Morgan fingerprint density at radius 3 is 2.71 bits per heavy atom. The van der Waals surface area contributed by atoms with Crippen LogP contribution in [0.15, 0.2) is 0 Å². The lowest BCUT2D eigenvalue weighted by Gasteiger charge is -2.16. The number of carboxylic acid groups (broad SMARTS) is 1. The van der Waals surface area contributed by atoms with E-state index in [1.165, 1.54) is 11.9 Å². The second kappa shape index (κ2) is 6.07. The van der Waals surface area contributed by atoms with Crippen molar-refractivity contribution in [2.24, 2.45) is 5.92 Å². The molecule has 17 heavy (non-hydrogen) atoms. The Balaban J connectivity index is 2.30. The van der Waals surface area contributed by atoms with E-state index in [2.05, 4.69) is 10.6 Å². The van der Waals surface area contributed by atoms with Crippen molar-refractivity contribution in [2.75, 3.05) is 26.7 Å². The lowest BCUT2D eigenvalue weighted by atomic mass is 10.1. The summed E-state index contributed by atoms with van der Waals surface area (Å²) in [5, 5.41) is 13.5. The molecule has 0 aromatic carbocycles. The average molecular weight is 243 g/mol. The van der Waals surface area contributed by atoms with E-state index in [0.29, 0.717) is 19.5 Å². The number of hydrogen-bond donors (Lipinski definition) is 3. The smallest absolute Gasteiger partial charge is 0.317 e. The quantitative estimate of drug-likeness (QED) is 0.604. The first kappa shape index (κ1) is 13.3. The van der Waals surface area contributed by atoms with Crippen molar-refractivity contribution in [3.8, 4) is 0 Å². The van der Waals surface area contributed by atoms with Gasteiger partial charge in [0.25, 0.3) is 0 Å². The Morgan fingerprint density at radius 2 is 2.12 bits per heavy atom. The minimum atomic E-state index is -0.845. The van der Waals surface area contributed by atoms with Gasteiger partial charge in [-0.1, -0.05) is 0 Å². The summed E-state index contributed by atoms with van der Waals surface area (Å²) in [6.07, 6.45) is 0.777. The second-order valence-electron chi connectivity index (χ2n) is 4.03. The summed E-state index contributed by atoms with van der Waals surface area (Å²) in [4.78, 5) is 34.6. The number of hydrogen-bond acceptors (Lipinski definition) is 3. The van der Waals surface area contributed by atoms with Gasteiger partial charge in [-0.05, 0) is 12.3 Å². The van der Waals surface area contributed by atoms with Gasteiger partial charge in [0.15, 0.2) is 0 Å². The summed E-state index contributed by atoms with van der Waals surface area (Å²) in [7, 11) is 1.49. The number of likely N-dealkylation sites (tertiary alicyclic amines) is 1. The standard InChI is InChI=1S/C10H17N3O4/c1-11-8(14)5-12-10(17)13-3-2-7(6-13)4-9(15)16/h7H,2-6H2,1H3,(H,11,14)(H,12,17)(H,15,16). The summed E-state index contributed by atoms with van der Waals surface area (Å²) in [5.41, 5.74) is 0. The number of urea groups is 1. The van der Waals surface area contributed by atoms with Crippen LogP contribution in [0.1, 0.15) is 12.8 Å². The first-order chi connectivity index (χ1) is 8.02. The number of aliphatic carboxylic acids is 1. The third kappa shape index (κ3) is 4.29. The summed E-state index contributed by atoms with van der Waals surface area (Å²) >= 11 is 0. The molecule has 1 atom stereocenters. The third-order valence-electron chi connectivity index (χ3n) is 2.72. The van der Waals surface area contributed by atoms with Crippen LogP contribution in [0.5, 0.6) is 0 Å². The van der Waals surface area contributed by atoms with Crippen LogP contribution in [-0.2, 0) is 9.59 Å². The molecule has 0 aromatic rings. The van der Waals surface area contributed by atoms with Crippen molar-refractivity contribution in [3.63, 3.8) is 0 Å². The van der Waals surface area contributed by atoms with Crippen LogP contribution in [0.2, 0.25) is 0 Å². The van der Waals surface area contributed by atoms with Crippen LogP contribution in [0.3, 0.4) is 0 Å². The number of likely N-dealkylation sites (N-methyl/N-ethyl adjacent to an activating group) is 1. The molecule has 1 saturated heterocycles. The van der Waals surface area contributed by atoms with Crippen molar-refractivity contribution in [3.05, 3.63) is 0 Å². The van der Waals surface area contributed by atoms with E-state index in [0.717, 1.165) is 0 Å². The van der Waals surface area contributed by atoms with E-state index in [9.17, 15) is 14.4 Å². The van der Waals surface area contributed by atoms with Crippen molar-refractivity contribution >= 4 is 17.9 Å². The van der Waals surface area contributed by atoms with E-state index >= 15 is 0 Å². The summed E-state index contributed by atoms with van der Waals surface area (Å²) in [5.74, 6) is -1.10. The van der Waals surface area contributed by atoms with Gasteiger partial charge in [0.1, 0.15) is 0 Å². The van der Waals surface area contributed by atoms with Crippen molar-refractivity contribution in [2.45, 2.75) is 12.8 Å². The number of amides is 3. The molecule has 0 saturated carbocycles. The van der Waals surface area contributed by atoms with E-state index in [4.69, 9.17) is 5.11 Å². The molecular weight excluding hydrogens is 226 g/mol. The topological polar surface area (TPSA) is 98.7 Å². The van der Waals surface area contributed by atoms with Gasteiger partial charge in [-0.15, -0.1) is 0 Å². The van der Waals surface area contributed by atoms with Gasteiger partial charge in [-0.3, -0.25) is 9.59 Å². The molecule has 1 aliphatic rings. The van der Waals surface area contributed by atoms with Crippen molar-refractivity contribution < 1.29 is 19.5 Å². The average Bonchev–Trinajstić information content (AvgIpc) is 2.72. The molecule has 1 unspecified atom stereocenters. The lowest BCUT2D eigenvalue weighted by Crippen LogP contribution is -2.43. The Morgan fingerprint density at radius 1 is 1.41 bits per heavy atom. The predicted octanol–water partition coefficient (Wildman–Crippen LogP) is -0.761. The fraction of sp³-hybridized carbons (Fsp3) is 0.700. The SMILES string of the molecule is CNC(=O)CNC(=O)N1CCC(CC(=O)O)C1. The number of nitrogens with zero attached hydrogens (tertiary/aromatic N) is 1. The molecule has 7 heteroatoms. The highest BCUT2D eigenvalue weighted by Crippen LogP contribution is 2.19. The fourth-order valence-corrected chi connectivity index (χ4v) is 1.79. The molecule has 1 heterocycles. The Kier molecular flexibility index (Phi) is 4.74. The van der Waals surface area contributed by atoms with Crippen LogP contribution < -0.4 is 10.6 Å². The van der Waals surface area contributed by atoms with E-state index in [1.807, 2.05) is 0 Å². The Bertz CT molecular complexity index is 319. The largest absolute Gasteiger partial charge is 0.481 e. The second-order valence-corrected chi connectivity index (χ2v) is 4.03. The highest BCUT2D eigenvalue weighted by atomic mass is 16.4. The molecule has 0 radical (unpaired) electrons. The third-order valence-corrected chi connectivity index (χ3v) is 2.72. The number of rotatable bonds is 4. The first-order valence-corrected chi connectivity index (χ1v) is 5.48. The molecule has 7 nitrogen and oxygen atoms in total. The monoisotopic (exact) mass is 243 g/mol. The molecule has 0 aromatic heterocycles. The highest BCUT2D eigenvalue weighted by molar-refractivity contribution is 5.83. The van der Waals surface area contributed by atoms with Crippen molar-refractivity contribution in [1.29, 1.82) is 0 Å². The zero-order valence-corrected chi connectivity index (χ0v) is 9.73. The molecule has 1 fully saturated rings. The molecule has 0 aliphatic carbocycles. The minimum Gasteiger partial charge on any atom is -0.481 e. The van der Waals surface area contributed by atoms with Gasteiger partial charge in [-0.2, -0.15) is 0 Å². The van der Waals surface area contributed by atoms with Crippen molar-refractivity contribution in [1.82, 2.24) is 15.5 Å². The highest BCUT2D eigenvalue weighted by Gasteiger charge is 2.27. The van der Waals surface area contributed by atoms with E-state index in [-0.39, 0.29) is 30.8 Å². The van der Waals surface area contributed by atoms with E-state index < -0.39 is 5.97 Å². The summed E-state index contributed by atoms with van der Waals surface area (Å²) in [6, 6.07) is -0.318. The molecular formula is C10H17N3O4. The maximum Gasteiger partial charge on any atom is 0.317 e. The molecule has 1 rings (SSSR count). The van der Waals surface area contributed by atoms with Gasteiger partial charge in [0.2, 0.25) is 5.91 Å². The first-order valence-electron chi connectivity index (χ1n) is 5.48. The maximum absolute atomic E-state index is 11.6. The van der Waals surface area contributed by atoms with Crippen LogP contribution in [0.25, 0.3) is 0 Å². The van der Waals surface area contributed by atoms with Crippen LogP contribution in [0.4, 0.5) is 4.79 Å². The molecule has 0 bridgehead atoms. The Labute approximate surface area is 99.2 Å². The van der Waals surface area contributed by atoms with Gasteiger partial charge in [0, 0.05) is 26.6 Å². The number of carbonyl (C=O) groups is 3. The molecule has 1 aliphatic heterocycles. The normalized spacial score (nSPS) is 18.9. The number of carbonyl (C=O) groups excluding carboxylic acids is 2. The number of carboxylic acids is 1. The van der Waals surface area contributed by atoms with Gasteiger partial charge in [-0.25, -0.2) is 4.79 Å². The summed E-state index contributed by atoms with van der Waals surface area (Å²) < 4.78 is 0. The minimum absolute atomic E-state index is 0.0123. The summed E-state index contributed by atoms with van der Waals surface area (Å²) in [6.45, 7) is 0.916. The zero-order chi connectivity index (χ0) is 12.8. The predicted molar refractivity (Wildman–Crippen MR) is 59.4 cm³/mol. The van der Waals surface area contributed by atoms with Crippen LogP contribution in [0, 0.1) is 5.92 Å². The molecule has 3 N–H and O–H groups in total. The zero-order valence-electron chi connectivity index (χ0n) is 9.73.